The summed E-state index contributed by atoms with van der Waals surface area (Å²) >= 11 is 6.55. The number of benzene rings is 4. The largest absolute Gasteiger partial charge is 0.505 e. The van der Waals surface area contributed by atoms with Crippen LogP contribution in [0.1, 0.15) is 22.5 Å². The molecular formula is C37H27ClFN7O3. The first-order chi connectivity index (χ1) is 23.9. The first-order valence-corrected chi connectivity index (χ1v) is 15.6. The number of phenols is 1. The predicted molar refractivity (Wildman–Crippen MR) is 185 cm³/mol. The predicted octanol–water partition coefficient (Wildman–Crippen LogP) is 5.95. The Kier molecular flexibility index (Phi) is 8.72. The Morgan fingerprint density at radius 1 is 0.939 bits per heavy atom. The van der Waals surface area contributed by atoms with E-state index in [-0.39, 0.29) is 31.1 Å². The van der Waals surface area contributed by atoms with Crippen molar-refractivity contribution in [3.8, 4) is 28.8 Å². The minimum Gasteiger partial charge on any atom is -0.505 e. The Balaban J connectivity index is 1.32. The minimum atomic E-state index is -0.818. The van der Waals surface area contributed by atoms with Crippen LogP contribution in [0.25, 0.3) is 33.2 Å². The van der Waals surface area contributed by atoms with Gasteiger partial charge in [-0.15, -0.1) is 0 Å². The van der Waals surface area contributed by atoms with Crippen LogP contribution in [0.2, 0.25) is 5.02 Å². The molecule has 0 unspecified atom stereocenters. The number of aromatic nitrogens is 6. The summed E-state index contributed by atoms with van der Waals surface area (Å²) in [7, 11) is 0. The maximum absolute atomic E-state index is 14.4. The number of aromatic hydroxyl groups is 1. The van der Waals surface area contributed by atoms with E-state index in [0.717, 1.165) is 11.6 Å². The van der Waals surface area contributed by atoms with Crippen molar-refractivity contribution >= 4 is 39.4 Å². The Labute approximate surface area is 284 Å². The lowest BCUT2D eigenvalue weighted by molar-refractivity contribution is 0.153. The monoisotopic (exact) mass is 671 g/mol. The molecular weight excluding hydrogens is 645 g/mol. The van der Waals surface area contributed by atoms with Gasteiger partial charge in [0.1, 0.15) is 36.8 Å². The summed E-state index contributed by atoms with van der Waals surface area (Å²) in [5.41, 5.74) is 9.67. The molecule has 3 heterocycles. The van der Waals surface area contributed by atoms with Crippen molar-refractivity contribution in [2.24, 2.45) is 0 Å². The molecule has 12 heteroatoms. The Hall–Kier alpha value is -6.09. The molecule has 0 spiro atoms. The Bertz CT molecular complexity index is 2470. The van der Waals surface area contributed by atoms with Gasteiger partial charge in [-0.3, -0.25) is 9.36 Å². The van der Waals surface area contributed by atoms with E-state index in [1.807, 2.05) is 48.5 Å². The Morgan fingerprint density at radius 2 is 1.76 bits per heavy atom. The molecule has 0 radical (unpaired) electrons. The molecule has 0 bridgehead atoms. The third kappa shape index (κ3) is 6.43. The highest BCUT2D eigenvalue weighted by atomic mass is 35.5. The second-order valence-corrected chi connectivity index (χ2v) is 11.5. The van der Waals surface area contributed by atoms with Gasteiger partial charge in [0, 0.05) is 16.1 Å². The van der Waals surface area contributed by atoms with Gasteiger partial charge in [-0.2, -0.15) is 5.10 Å². The molecule has 0 aliphatic rings. The number of hydrogen-bond acceptors (Lipinski definition) is 8. The number of ether oxygens (including phenoxy) is 1. The van der Waals surface area contributed by atoms with Gasteiger partial charge in [-0.1, -0.05) is 78.0 Å². The standard InChI is InChI=1S/C37H27ClFN7O3/c38-27-13-5-4-10-26(27)19-45-31(20-46-36-33(35(40)41-22-42-36)34(44-46)25-15-16-30(47)28(39)18-25)43-29-14-6-11-24(32(29)37(45)48)12-7-17-49-21-23-8-2-1-3-9-23/h1-6,8-11,13-16,18,22,47H,17,19-21H2,(H2,40,41,42). The molecule has 0 amide bonds. The highest BCUT2D eigenvalue weighted by molar-refractivity contribution is 6.31. The fourth-order valence-corrected chi connectivity index (χ4v) is 5.75. The quantitative estimate of drug-likeness (QED) is 0.150. The number of nitrogen functional groups attached to an aromatic ring is 1. The molecule has 10 nitrogen and oxygen atoms in total. The second-order valence-electron chi connectivity index (χ2n) is 11.1. The molecule has 3 N–H and O–H groups in total. The minimum absolute atomic E-state index is 0.00756. The smallest absolute Gasteiger partial charge is 0.263 e. The number of nitrogens with two attached hydrogens (primary N) is 1. The number of anilines is 1. The molecule has 0 atom stereocenters. The zero-order chi connectivity index (χ0) is 33.9. The van der Waals surface area contributed by atoms with Crippen molar-refractivity contribution in [1.29, 1.82) is 0 Å². The van der Waals surface area contributed by atoms with E-state index in [4.69, 9.17) is 32.2 Å². The van der Waals surface area contributed by atoms with Crippen LogP contribution < -0.4 is 11.3 Å². The second kappa shape index (κ2) is 13.6. The molecule has 0 saturated heterocycles. The number of hydrogen-bond donors (Lipinski definition) is 2. The first-order valence-electron chi connectivity index (χ1n) is 15.2. The van der Waals surface area contributed by atoms with Gasteiger partial charge in [0.25, 0.3) is 5.56 Å². The fraction of sp³-hybridized carbons (Fsp3) is 0.108. The van der Waals surface area contributed by atoms with Gasteiger partial charge < -0.3 is 15.6 Å². The molecule has 0 saturated carbocycles. The molecule has 7 aromatic rings. The van der Waals surface area contributed by atoms with Crippen molar-refractivity contribution in [2.75, 3.05) is 12.3 Å². The number of rotatable bonds is 8. The van der Waals surface area contributed by atoms with Crippen LogP contribution in [0.15, 0.2) is 102 Å². The van der Waals surface area contributed by atoms with Gasteiger partial charge in [0.05, 0.1) is 29.4 Å². The van der Waals surface area contributed by atoms with Crippen LogP contribution in [0, 0.1) is 17.7 Å². The van der Waals surface area contributed by atoms with E-state index in [9.17, 15) is 14.3 Å². The highest BCUT2D eigenvalue weighted by Crippen LogP contribution is 2.32. The summed E-state index contributed by atoms with van der Waals surface area (Å²) in [6, 6.07) is 26.3. The van der Waals surface area contributed by atoms with E-state index >= 15 is 0 Å². The van der Waals surface area contributed by atoms with Gasteiger partial charge in [0.15, 0.2) is 17.2 Å². The van der Waals surface area contributed by atoms with E-state index in [0.29, 0.717) is 61.8 Å². The summed E-state index contributed by atoms with van der Waals surface area (Å²) in [5, 5.41) is 15.7. The average Bonchev–Trinajstić information content (AvgIpc) is 3.48. The lowest BCUT2D eigenvalue weighted by Gasteiger charge is -2.15. The van der Waals surface area contributed by atoms with E-state index in [1.165, 1.54) is 23.1 Å². The summed E-state index contributed by atoms with van der Waals surface area (Å²) < 4.78 is 23.2. The normalized spacial score (nSPS) is 11.1. The summed E-state index contributed by atoms with van der Waals surface area (Å²) in [6.07, 6.45) is 1.30. The first kappa shape index (κ1) is 31.5. The third-order valence-electron chi connectivity index (χ3n) is 7.93. The molecule has 3 aromatic heterocycles. The average molecular weight is 672 g/mol. The van der Waals surface area contributed by atoms with Crippen LogP contribution in [-0.4, -0.2) is 41.0 Å². The maximum atomic E-state index is 14.4. The number of fused-ring (bicyclic) bond motifs is 2. The van der Waals surface area contributed by atoms with Gasteiger partial charge >= 0.3 is 0 Å². The van der Waals surface area contributed by atoms with Crippen molar-refractivity contribution in [3.63, 3.8) is 0 Å². The van der Waals surface area contributed by atoms with Gasteiger partial charge in [0.2, 0.25) is 0 Å². The lowest BCUT2D eigenvalue weighted by atomic mass is 10.1. The van der Waals surface area contributed by atoms with Crippen LogP contribution in [0.5, 0.6) is 5.75 Å². The molecule has 0 fully saturated rings. The molecule has 242 valence electrons. The fourth-order valence-electron chi connectivity index (χ4n) is 5.55. The zero-order valence-corrected chi connectivity index (χ0v) is 26.6. The van der Waals surface area contributed by atoms with E-state index in [1.54, 1.807) is 28.8 Å². The zero-order valence-electron chi connectivity index (χ0n) is 25.8. The highest BCUT2D eigenvalue weighted by Gasteiger charge is 2.21. The number of nitrogens with zero attached hydrogens (tertiary/aromatic N) is 6. The summed E-state index contributed by atoms with van der Waals surface area (Å²) in [4.78, 5) is 27.9. The van der Waals surface area contributed by atoms with Crippen molar-refractivity contribution in [2.45, 2.75) is 19.7 Å². The molecule has 0 aliphatic heterocycles. The third-order valence-corrected chi connectivity index (χ3v) is 8.30. The molecule has 7 rings (SSSR count). The van der Waals surface area contributed by atoms with Crippen molar-refractivity contribution < 1.29 is 14.2 Å². The SMILES string of the molecule is Nc1ncnc2c1c(-c1ccc(O)c(F)c1)nn2Cc1nc2cccc(C#CCOCc3ccccc3)c2c(=O)n1Cc1ccccc1Cl. The van der Waals surface area contributed by atoms with Crippen LogP contribution in [-0.2, 0) is 24.4 Å². The van der Waals surface area contributed by atoms with Crippen molar-refractivity contribution in [3.05, 3.63) is 141 Å². The van der Waals surface area contributed by atoms with Gasteiger partial charge in [-0.25, -0.2) is 24.0 Å². The van der Waals surface area contributed by atoms with Crippen molar-refractivity contribution in [1.82, 2.24) is 29.3 Å². The summed E-state index contributed by atoms with van der Waals surface area (Å²) in [6.45, 7) is 0.704. The van der Waals surface area contributed by atoms with E-state index < -0.39 is 11.6 Å². The van der Waals surface area contributed by atoms with Crippen LogP contribution in [0.3, 0.4) is 0 Å². The molecule has 4 aromatic carbocycles. The topological polar surface area (TPSA) is 134 Å². The van der Waals surface area contributed by atoms with E-state index in [2.05, 4.69) is 21.8 Å². The Morgan fingerprint density at radius 3 is 2.57 bits per heavy atom. The van der Waals surface area contributed by atoms with Gasteiger partial charge in [-0.05, 0) is 47.5 Å². The number of phenolic OH excluding ortho intramolecular Hbond substituents is 1. The van der Waals surface area contributed by atoms with Crippen LogP contribution in [0.4, 0.5) is 10.2 Å². The lowest BCUT2D eigenvalue weighted by Crippen LogP contribution is -2.28. The van der Waals surface area contributed by atoms with Crippen LogP contribution >= 0.6 is 11.6 Å². The maximum Gasteiger partial charge on any atom is 0.263 e. The molecule has 0 aliphatic carbocycles. The summed E-state index contributed by atoms with van der Waals surface area (Å²) in [5.74, 6) is 5.30. The number of halogens is 2. The molecule has 49 heavy (non-hydrogen) atoms.